The van der Waals surface area contributed by atoms with Gasteiger partial charge < -0.3 is 9.80 Å². The van der Waals surface area contributed by atoms with E-state index in [0.717, 1.165) is 48.4 Å². The Morgan fingerprint density at radius 3 is 2.79 bits per heavy atom. The van der Waals surface area contributed by atoms with Gasteiger partial charge in [-0.25, -0.2) is 9.97 Å². The second kappa shape index (κ2) is 9.42. The number of hydrogen-bond acceptors (Lipinski definition) is 8. The Balaban J connectivity index is 1.28. The Morgan fingerprint density at radius 1 is 1.24 bits per heavy atom. The van der Waals surface area contributed by atoms with Gasteiger partial charge in [0, 0.05) is 50.0 Å². The molecule has 3 aromatic rings. The summed E-state index contributed by atoms with van der Waals surface area (Å²) in [5.41, 5.74) is 1.25. The number of hydrogen-bond donors (Lipinski definition) is 0. The van der Waals surface area contributed by atoms with Crippen molar-refractivity contribution < 1.29 is 4.79 Å². The van der Waals surface area contributed by atoms with Crippen LogP contribution in [0.2, 0.25) is 0 Å². The number of rotatable bonds is 5. The topological polar surface area (TPSA) is 84.2 Å². The fourth-order valence-electron chi connectivity index (χ4n) is 4.65. The predicted octanol–water partition coefficient (Wildman–Crippen LogP) is 2.83. The van der Waals surface area contributed by atoms with Crippen LogP contribution in [0.4, 0.5) is 5.82 Å². The van der Waals surface area contributed by atoms with Crippen molar-refractivity contribution in [3.63, 3.8) is 0 Å². The van der Waals surface area contributed by atoms with Crippen LogP contribution in [0.15, 0.2) is 28.5 Å². The lowest BCUT2D eigenvalue weighted by atomic mass is 9.89. The Kier molecular flexibility index (Phi) is 6.38. The maximum Gasteiger partial charge on any atom is 0.263 e. The van der Waals surface area contributed by atoms with E-state index in [1.807, 2.05) is 11.8 Å². The molecule has 0 radical (unpaired) electrons. The highest BCUT2D eigenvalue weighted by molar-refractivity contribution is 7.99. The number of fused-ring (bicyclic) bond motifs is 3. The van der Waals surface area contributed by atoms with Crippen LogP contribution in [-0.2, 0) is 24.2 Å². The minimum Gasteiger partial charge on any atom is -0.352 e. The molecule has 8 nitrogen and oxygen atoms in total. The molecule has 2 aliphatic rings. The number of piperazine rings is 1. The van der Waals surface area contributed by atoms with Crippen LogP contribution in [0.1, 0.15) is 30.7 Å². The number of amides is 1. The molecule has 33 heavy (non-hydrogen) atoms. The van der Waals surface area contributed by atoms with Crippen molar-refractivity contribution in [1.82, 2.24) is 24.4 Å². The van der Waals surface area contributed by atoms with Gasteiger partial charge in [-0.05, 0) is 37.7 Å². The highest BCUT2D eigenvalue weighted by atomic mass is 32.2. The molecule has 4 heterocycles. The maximum absolute atomic E-state index is 13.3. The standard InChI is InChI=1S/C23H28N6O2S2/c1-3-29-22(31)20-16-5-4-15(2)12-17(16)33-21(20)26-23(29)32-14-19(30)28-10-8-27(9-11-28)18-13-24-6-7-25-18/h6-7,13,15H,3-5,8-12,14H2,1-2H3. The van der Waals surface area contributed by atoms with Gasteiger partial charge in [0.25, 0.3) is 5.56 Å². The highest BCUT2D eigenvalue weighted by Gasteiger charge is 2.26. The van der Waals surface area contributed by atoms with Gasteiger partial charge in [-0.2, -0.15) is 0 Å². The molecule has 1 aliphatic carbocycles. The summed E-state index contributed by atoms with van der Waals surface area (Å²) in [4.78, 5) is 45.7. The zero-order chi connectivity index (χ0) is 22.9. The summed E-state index contributed by atoms with van der Waals surface area (Å²) in [6.45, 7) is 7.56. The molecular weight excluding hydrogens is 456 g/mol. The van der Waals surface area contributed by atoms with Gasteiger partial charge in [0.05, 0.1) is 17.3 Å². The second-order valence-electron chi connectivity index (χ2n) is 8.70. The van der Waals surface area contributed by atoms with E-state index < -0.39 is 0 Å². The van der Waals surface area contributed by atoms with E-state index in [4.69, 9.17) is 4.98 Å². The van der Waals surface area contributed by atoms with Crippen molar-refractivity contribution >= 4 is 45.0 Å². The van der Waals surface area contributed by atoms with Crippen molar-refractivity contribution in [2.75, 3.05) is 36.8 Å². The minimum atomic E-state index is 0.0436. The summed E-state index contributed by atoms with van der Waals surface area (Å²) >= 11 is 3.04. The molecule has 10 heteroatoms. The van der Waals surface area contributed by atoms with E-state index >= 15 is 0 Å². The normalized spacial score (nSPS) is 18.5. The molecule has 1 aliphatic heterocycles. The summed E-state index contributed by atoms with van der Waals surface area (Å²) in [6, 6.07) is 0. The summed E-state index contributed by atoms with van der Waals surface area (Å²) in [6.07, 6.45) is 8.21. The Hall–Kier alpha value is -2.46. The van der Waals surface area contributed by atoms with E-state index in [1.54, 1.807) is 34.5 Å². The molecule has 1 atom stereocenters. The lowest BCUT2D eigenvalue weighted by Crippen LogP contribution is -2.49. The SMILES string of the molecule is CCn1c(SCC(=O)N2CCN(c3cnccn3)CC2)nc2sc3c(c2c1=O)CCC(C)C3. The first-order chi connectivity index (χ1) is 16.0. The summed E-state index contributed by atoms with van der Waals surface area (Å²) in [5, 5.41) is 1.45. The second-order valence-corrected chi connectivity index (χ2v) is 10.7. The van der Waals surface area contributed by atoms with Crippen LogP contribution in [0, 0.1) is 5.92 Å². The van der Waals surface area contributed by atoms with Crippen molar-refractivity contribution in [1.29, 1.82) is 0 Å². The number of carbonyl (C=O) groups excluding carboxylic acids is 1. The van der Waals surface area contributed by atoms with E-state index in [2.05, 4.69) is 21.8 Å². The summed E-state index contributed by atoms with van der Waals surface area (Å²) in [7, 11) is 0. The number of thioether (sulfide) groups is 1. The molecule has 0 N–H and O–H groups in total. The lowest BCUT2D eigenvalue weighted by Gasteiger charge is -2.35. The van der Waals surface area contributed by atoms with Gasteiger partial charge in [0.1, 0.15) is 10.6 Å². The number of aromatic nitrogens is 4. The van der Waals surface area contributed by atoms with E-state index in [0.29, 0.717) is 30.7 Å². The Morgan fingerprint density at radius 2 is 2.06 bits per heavy atom. The average Bonchev–Trinajstić information content (AvgIpc) is 3.20. The largest absolute Gasteiger partial charge is 0.352 e. The van der Waals surface area contributed by atoms with Crippen molar-refractivity contribution in [2.45, 2.75) is 44.8 Å². The first-order valence-electron chi connectivity index (χ1n) is 11.5. The first-order valence-corrected chi connectivity index (χ1v) is 13.3. The third kappa shape index (κ3) is 4.38. The van der Waals surface area contributed by atoms with E-state index in [1.165, 1.54) is 22.2 Å². The van der Waals surface area contributed by atoms with Crippen LogP contribution in [0.25, 0.3) is 10.2 Å². The third-order valence-corrected chi connectivity index (χ3v) is 8.64. The minimum absolute atomic E-state index is 0.0436. The smallest absolute Gasteiger partial charge is 0.263 e. The number of nitrogens with zero attached hydrogens (tertiary/aromatic N) is 6. The zero-order valence-electron chi connectivity index (χ0n) is 19.0. The van der Waals surface area contributed by atoms with Gasteiger partial charge in [-0.3, -0.25) is 19.1 Å². The third-order valence-electron chi connectivity index (χ3n) is 6.53. The molecule has 1 unspecified atom stereocenters. The van der Waals surface area contributed by atoms with Crippen molar-refractivity contribution in [3.8, 4) is 0 Å². The van der Waals surface area contributed by atoms with Crippen LogP contribution >= 0.6 is 23.1 Å². The number of thiophene rings is 1. The van der Waals surface area contributed by atoms with Crippen molar-refractivity contribution in [2.24, 2.45) is 5.92 Å². The van der Waals surface area contributed by atoms with Crippen LogP contribution in [0.5, 0.6) is 0 Å². The monoisotopic (exact) mass is 484 g/mol. The van der Waals surface area contributed by atoms with Gasteiger partial charge in [-0.15, -0.1) is 11.3 Å². The van der Waals surface area contributed by atoms with Gasteiger partial charge >= 0.3 is 0 Å². The van der Waals surface area contributed by atoms with E-state index in [9.17, 15) is 9.59 Å². The van der Waals surface area contributed by atoms with Gasteiger partial charge in [0.2, 0.25) is 5.91 Å². The molecule has 3 aromatic heterocycles. The van der Waals surface area contributed by atoms with Crippen LogP contribution < -0.4 is 10.5 Å². The molecule has 1 fully saturated rings. The van der Waals surface area contributed by atoms with E-state index in [-0.39, 0.29) is 17.2 Å². The van der Waals surface area contributed by atoms with Crippen LogP contribution in [-0.4, -0.2) is 62.3 Å². The molecule has 0 aromatic carbocycles. The highest BCUT2D eigenvalue weighted by Crippen LogP contribution is 2.36. The molecule has 174 valence electrons. The molecule has 0 bridgehead atoms. The van der Waals surface area contributed by atoms with Gasteiger partial charge in [-0.1, -0.05) is 18.7 Å². The molecule has 0 spiro atoms. The summed E-state index contributed by atoms with van der Waals surface area (Å²) < 4.78 is 1.73. The zero-order valence-corrected chi connectivity index (χ0v) is 20.6. The number of carbonyl (C=O) groups is 1. The number of anilines is 1. The Labute approximate surface area is 201 Å². The lowest BCUT2D eigenvalue weighted by molar-refractivity contribution is -0.128. The number of aryl methyl sites for hydroxylation is 1. The fourth-order valence-corrected chi connectivity index (χ4v) is 7.04. The molecular formula is C23H28N6O2S2. The first kappa shape index (κ1) is 22.3. The van der Waals surface area contributed by atoms with Crippen LogP contribution in [0.3, 0.4) is 0 Å². The molecule has 0 saturated carbocycles. The molecule has 1 saturated heterocycles. The summed E-state index contributed by atoms with van der Waals surface area (Å²) in [5.74, 6) is 1.86. The Bertz CT molecular complexity index is 1220. The maximum atomic E-state index is 13.3. The average molecular weight is 485 g/mol. The van der Waals surface area contributed by atoms with Gasteiger partial charge in [0.15, 0.2) is 5.16 Å². The quantitative estimate of drug-likeness (QED) is 0.407. The predicted molar refractivity (Wildman–Crippen MR) is 132 cm³/mol. The molecule has 1 amide bonds. The fraction of sp³-hybridized carbons (Fsp3) is 0.522. The molecule has 5 rings (SSSR count). The van der Waals surface area contributed by atoms with Crippen molar-refractivity contribution in [3.05, 3.63) is 39.4 Å².